The van der Waals surface area contributed by atoms with Gasteiger partial charge in [-0.25, -0.2) is 4.90 Å². The summed E-state index contributed by atoms with van der Waals surface area (Å²) in [6.45, 7) is 1.42. The fourth-order valence-corrected chi connectivity index (χ4v) is 5.29. The number of carbonyl (C=O) groups excluding carboxylic acids is 3. The van der Waals surface area contributed by atoms with Crippen LogP contribution in [0.3, 0.4) is 0 Å². The molecule has 3 heterocycles. The summed E-state index contributed by atoms with van der Waals surface area (Å²) in [6, 6.07) is 16.5. The molecule has 2 saturated heterocycles. The molecule has 4 unspecified atom stereocenters. The summed E-state index contributed by atoms with van der Waals surface area (Å²) in [6.07, 6.45) is 1.45. The topological polar surface area (TPSA) is 137 Å². The number of fused-ring (bicyclic) bond motifs is 1. The van der Waals surface area contributed by atoms with Crippen molar-refractivity contribution < 1.29 is 29.4 Å². The molecule has 2 fully saturated rings. The number of Topliss-reactive ketones (excluding diaryl/α,β-unsaturated/α-hetero) is 1. The lowest BCUT2D eigenvalue weighted by Gasteiger charge is -2.31. The predicted octanol–water partition coefficient (Wildman–Crippen LogP) is 2.51. The quantitative estimate of drug-likeness (QED) is 0.358. The van der Waals surface area contributed by atoms with E-state index < -0.39 is 41.2 Å². The monoisotopic (exact) mass is 485 g/mol. The summed E-state index contributed by atoms with van der Waals surface area (Å²) in [4.78, 5) is 57.5. The minimum absolute atomic E-state index is 0.0269. The number of nitrogens with zero attached hydrogens (tertiary/aromatic N) is 2. The molecule has 5 rings (SSSR count). The van der Waals surface area contributed by atoms with E-state index in [0.29, 0.717) is 16.8 Å². The minimum atomic E-state index is -1.80. The highest BCUT2D eigenvalue weighted by Crippen LogP contribution is 2.50. The second-order valence-electron chi connectivity index (χ2n) is 9.11. The van der Waals surface area contributed by atoms with Gasteiger partial charge in [0.15, 0.2) is 5.78 Å². The van der Waals surface area contributed by atoms with Crippen molar-refractivity contribution in [2.75, 3.05) is 4.90 Å². The molecule has 0 bridgehead atoms. The van der Waals surface area contributed by atoms with Crippen LogP contribution >= 0.6 is 0 Å². The number of rotatable bonds is 6. The average molecular weight is 485 g/mol. The van der Waals surface area contributed by atoms with Crippen LogP contribution in [0.1, 0.15) is 34.6 Å². The van der Waals surface area contributed by atoms with E-state index in [1.807, 2.05) is 0 Å². The number of aromatic nitrogens is 1. The number of hydrogen-bond donors (Lipinski definition) is 3. The molecule has 2 aliphatic rings. The van der Waals surface area contributed by atoms with Crippen LogP contribution in [0.5, 0.6) is 5.75 Å². The molecule has 36 heavy (non-hydrogen) atoms. The zero-order valence-corrected chi connectivity index (χ0v) is 19.3. The van der Waals surface area contributed by atoms with Gasteiger partial charge in [0, 0.05) is 18.2 Å². The van der Waals surface area contributed by atoms with Gasteiger partial charge in [-0.2, -0.15) is 0 Å². The number of ketones is 1. The molecule has 3 aromatic rings. The van der Waals surface area contributed by atoms with E-state index in [9.17, 15) is 29.4 Å². The van der Waals surface area contributed by atoms with E-state index in [1.54, 1.807) is 36.5 Å². The van der Waals surface area contributed by atoms with Crippen LogP contribution in [0.25, 0.3) is 0 Å². The van der Waals surface area contributed by atoms with Crippen molar-refractivity contribution in [3.05, 3.63) is 89.7 Å². The number of phenolic OH excluding ortho intramolecular Hbond substituents is 1. The average Bonchev–Trinajstić information content (AvgIpc) is 3.35. The molecule has 0 aliphatic carbocycles. The second kappa shape index (κ2) is 8.69. The van der Waals surface area contributed by atoms with Gasteiger partial charge in [0.2, 0.25) is 11.8 Å². The van der Waals surface area contributed by atoms with E-state index in [4.69, 9.17) is 0 Å². The molecule has 3 N–H and O–H groups in total. The Labute approximate surface area is 206 Å². The normalized spacial score (nSPS) is 25.1. The van der Waals surface area contributed by atoms with E-state index in [-0.39, 0.29) is 23.6 Å². The first-order chi connectivity index (χ1) is 17.2. The molecule has 9 nitrogen and oxygen atoms in total. The second-order valence-corrected chi connectivity index (χ2v) is 9.11. The van der Waals surface area contributed by atoms with Crippen LogP contribution in [0.4, 0.5) is 5.69 Å². The lowest BCUT2D eigenvalue weighted by Crippen LogP contribution is -2.57. The molecule has 9 heteroatoms. The van der Waals surface area contributed by atoms with Crippen molar-refractivity contribution in [1.29, 1.82) is 0 Å². The predicted molar refractivity (Wildman–Crippen MR) is 128 cm³/mol. The Bertz CT molecular complexity index is 1360. The third-order valence-electron chi connectivity index (χ3n) is 6.99. The molecule has 2 aromatic carbocycles. The van der Waals surface area contributed by atoms with E-state index in [0.717, 1.165) is 4.90 Å². The number of carboxylic acids is 1. The SMILES string of the molecule is CC(=O)c1ccc(N2C(=O)C3C(c4ccccn4)NC(Cc4ccc(O)cc4)(C(=O)O)C3C2=O)cc1. The van der Waals surface area contributed by atoms with Crippen molar-refractivity contribution in [2.24, 2.45) is 11.8 Å². The maximum absolute atomic E-state index is 13.8. The Kier molecular flexibility index (Phi) is 5.64. The number of carboxylic acid groups (broad SMARTS) is 1. The van der Waals surface area contributed by atoms with Gasteiger partial charge in [-0.05, 0) is 61.0 Å². The van der Waals surface area contributed by atoms with Crippen LogP contribution in [0.2, 0.25) is 0 Å². The molecule has 2 amide bonds. The highest BCUT2D eigenvalue weighted by atomic mass is 16.4. The van der Waals surface area contributed by atoms with Crippen molar-refractivity contribution in [3.8, 4) is 5.75 Å². The first kappa shape index (κ1) is 23.4. The summed E-state index contributed by atoms with van der Waals surface area (Å²) in [5.41, 5.74) is -0.0692. The molecule has 0 spiro atoms. The van der Waals surface area contributed by atoms with Crippen molar-refractivity contribution >= 4 is 29.3 Å². The summed E-state index contributed by atoms with van der Waals surface area (Å²) < 4.78 is 0. The maximum Gasteiger partial charge on any atom is 0.325 e. The lowest BCUT2D eigenvalue weighted by molar-refractivity contribution is -0.148. The Morgan fingerprint density at radius 3 is 2.28 bits per heavy atom. The summed E-state index contributed by atoms with van der Waals surface area (Å²) in [7, 11) is 0. The Hall–Kier alpha value is -4.37. The molecule has 0 radical (unpaired) electrons. The van der Waals surface area contributed by atoms with E-state index >= 15 is 0 Å². The van der Waals surface area contributed by atoms with Gasteiger partial charge >= 0.3 is 5.97 Å². The first-order valence-corrected chi connectivity index (χ1v) is 11.4. The van der Waals surface area contributed by atoms with Crippen molar-refractivity contribution in [1.82, 2.24) is 10.3 Å². The van der Waals surface area contributed by atoms with Crippen LogP contribution < -0.4 is 10.2 Å². The third kappa shape index (κ3) is 3.64. The molecule has 1 aromatic heterocycles. The van der Waals surface area contributed by atoms with Gasteiger partial charge < -0.3 is 10.2 Å². The fraction of sp³-hybridized carbons (Fsp3) is 0.222. The largest absolute Gasteiger partial charge is 0.508 e. The van der Waals surface area contributed by atoms with Crippen molar-refractivity contribution in [3.63, 3.8) is 0 Å². The number of pyridine rings is 1. The Morgan fingerprint density at radius 2 is 1.69 bits per heavy atom. The number of nitrogens with one attached hydrogen (secondary N) is 1. The minimum Gasteiger partial charge on any atom is -0.508 e. The molecule has 4 atom stereocenters. The van der Waals surface area contributed by atoms with Crippen LogP contribution in [-0.2, 0) is 20.8 Å². The standard InChI is InChI=1S/C27H23N3O6/c1-15(31)17-7-9-18(10-8-17)30-24(33)21-22(25(30)34)27(26(35)36,14-16-5-11-19(32)12-6-16)29-23(21)20-4-2-3-13-28-20/h2-13,21-23,29,32H,14H2,1H3,(H,35,36). The number of hydrogen-bond acceptors (Lipinski definition) is 7. The summed E-state index contributed by atoms with van der Waals surface area (Å²) in [5.74, 6) is -4.78. The van der Waals surface area contributed by atoms with Gasteiger partial charge in [-0.15, -0.1) is 0 Å². The van der Waals surface area contributed by atoms with Crippen LogP contribution in [0.15, 0.2) is 72.9 Å². The third-order valence-corrected chi connectivity index (χ3v) is 6.99. The molecular formula is C27H23N3O6. The molecular weight excluding hydrogens is 462 g/mol. The van der Waals surface area contributed by atoms with E-state index in [2.05, 4.69) is 10.3 Å². The van der Waals surface area contributed by atoms with Crippen molar-refractivity contribution in [2.45, 2.75) is 24.9 Å². The zero-order valence-electron chi connectivity index (χ0n) is 19.3. The summed E-state index contributed by atoms with van der Waals surface area (Å²) in [5, 5.41) is 23.3. The fourth-order valence-electron chi connectivity index (χ4n) is 5.29. The zero-order chi connectivity index (χ0) is 25.6. The number of aromatic hydroxyl groups is 1. The number of aliphatic carboxylic acids is 1. The van der Waals surface area contributed by atoms with Gasteiger partial charge in [-0.3, -0.25) is 29.5 Å². The number of carbonyl (C=O) groups is 4. The van der Waals surface area contributed by atoms with Gasteiger partial charge in [0.25, 0.3) is 0 Å². The Balaban J connectivity index is 1.62. The maximum atomic E-state index is 13.8. The molecule has 2 aliphatic heterocycles. The van der Waals surface area contributed by atoms with Gasteiger partial charge in [0.05, 0.1) is 29.3 Å². The summed E-state index contributed by atoms with van der Waals surface area (Å²) >= 11 is 0. The number of amides is 2. The Morgan fingerprint density at radius 1 is 1.00 bits per heavy atom. The van der Waals surface area contributed by atoms with E-state index in [1.165, 1.54) is 43.3 Å². The van der Waals surface area contributed by atoms with Gasteiger partial charge in [0.1, 0.15) is 11.3 Å². The molecule has 182 valence electrons. The number of phenols is 1. The number of imide groups is 1. The highest BCUT2D eigenvalue weighted by molar-refractivity contribution is 6.24. The smallest absolute Gasteiger partial charge is 0.325 e. The molecule has 0 saturated carbocycles. The lowest BCUT2D eigenvalue weighted by atomic mass is 9.76. The number of anilines is 1. The van der Waals surface area contributed by atoms with Crippen LogP contribution in [-0.4, -0.2) is 44.3 Å². The highest BCUT2D eigenvalue weighted by Gasteiger charge is 2.68. The first-order valence-electron chi connectivity index (χ1n) is 11.4. The van der Waals surface area contributed by atoms with Crippen LogP contribution in [0, 0.1) is 11.8 Å². The number of benzene rings is 2. The van der Waals surface area contributed by atoms with Gasteiger partial charge in [-0.1, -0.05) is 18.2 Å².